The predicted octanol–water partition coefficient (Wildman–Crippen LogP) is -0.122. The van der Waals surface area contributed by atoms with Crippen molar-refractivity contribution >= 4 is 17.8 Å². The van der Waals surface area contributed by atoms with Gasteiger partial charge in [-0.2, -0.15) is 0 Å². The van der Waals surface area contributed by atoms with Crippen molar-refractivity contribution in [1.82, 2.24) is 9.88 Å². The van der Waals surface area contributed by atoms with Crippen LogP contribution >= 0.6 is 0 Å². The molecule has 0 aromatic carbocycles. The highest BCUT2D eigenvalue weighted by molar-refractivity contribution is 5.99. The first-order valence-electron chi connectivity index (χ1n) is 5.94. The van der Waals surface area contributed by atoms with Crippen LogP contribution in [0.2, 0.25) is 0 Å². The number of carbonyl (C=O) groups excluding carboxylic acids is 3. The van der Waals surface area contributed by atoms with Crippen molar-refractivity contribution in [2.75, 3.05) is 34.4 Å². The van der Waals surface area contributed by atoms with Crippen molar-refractivity contribution in [3.05, 3.63) is 24.0 Å². The van der Waals surface area contributed by atoms with E-state index in [-0.39, 0.29) is 24.4 Å². The fourth-order valence-electron chi connectivity index (χ4n) is 1.53. The maximum Gasteiger partial charge on any atom is 0.325 e. The third-order valence-corrected chi connectivity index (χ3v) is 2.62. The van der Waals surface area contributed by atoms with E-state index in [4.69, 9.17) is 4.74 Å². The summed E-state index contributed by atoms with van der Waals surface area (Å²) in [4.78, 5) is 40.0. The second-order valence-corrected chi connectivity index (χ2v) is 3.89. The van der Waals surface area contributed by atoms with Crippen LogP contribution in [-0.4, -0.2) is 62.1 Å². The first-order chi connectivity index (χ1) is 10.0. The van der Waals surface area contributed by atoms with E-state index >= 15 is 0 Å². The highest BCUT2D eigenvalue weighted by Gasteiger charge is 2.24. The van der Waals surface area contributed by atoms with Gasteiger partial charge >= 0.3 is 11.9 Å². The molecule has 0 aliphatic heterocycles. The molecule has 1 amide bonds. The van der Waals surface area contributed by atoms with Gasteiger partial charge in [0.2, 0.25) is 0 Å². The summed E-state index contributed by atoms with van der Waals surface area (Å²) in [6, 6.07) is 1.43. The molecule has 0 aliphatic rings. The van der Waals surface area contributed by atoms with Crippen LogP contribution in [0, 0.1) is 0 Å². The standard InChI is InChI=1S/C13H16N2O6/c1-19-10-6-14-5-4-9(10)13(18)15(7-11(16)20-2)8-12(17)21-3/h4-6H,7-8H2,1-3H3. The summed E-state index contributed by atoms with van der Waals surface area (Å²) in [5, 5.41) is 0. The number of ether oxygens (including phenoxy) is 3. The fraction of sp³-hybridized carbons (Fsp3) is 0.385. The van der Waals surface area contributed by atoms with Gasteiger partial charge in [0, 0.05) is 6.20 Å². The molecule has 0 saturated carbocycles. The van der Waals surface area contributed by atoms with Gasteiger partial charge in [-0.15, -0.1) is 0 Å². The minimum atomic E-state index is -0.653. The fourth-order valence-corrected chi connectivity index (χ4v) is 1.53. The number of nitrogens with zero attached hydrogens (tertiary/aromatic N) is 2. The van der Waals surface area contributed by atoms with Crippen LogP contribution in [0.1, 0.15) is 10.4 Å². The molecule has 0 spiro atoms. The van der Waals surface area contributed by atoms with Crippen LogP contribution in [0.3, 0.4) is 0 Å². The molecule has 0 bridgehead atoms. The lowest BCUT2D eigenvalue weighted by molar-refractivity contribution is -0.144. The monoisotopic (exact) mass is 296 g/mol. The third-order valence-electron chi connectivity index (χ3n) is 2.62. The Balaban J connectivity index is 3.03. The normalized spacial score (nSPS) is 9.67. The number of amides is 1. The number of hydrogen-bond donors (Lipinski definition) is 0. The molecule has 21 heavy (non-hydrogen) atoms. The van der Waals surface area contributed by atoms with Gasteiger partial charge in [0.05, 0.1) is 33.1 Å². The molecule has 0 unspecified atom stereocenters. The molecule has 0 radical (unpaired) electrons. The molecule has 1 rings (SSSR count). The van der Waals surface area contributed by atoms with E-state index in [1.54, 1.807) is 0 Å². The Morgan fingerprint density at radius 3 is 2.14 bits per heavy atom. The molecule has 1 aromatic rings. The molecule has 8 nitrogen and oxygen atoms in total. The number of pyridine rings is 1. The highest BCUT2D eigenvalue weighted by atomic mass is 16.5. The Hall–Kier alpha value is -2.64. The maximum atomic E-state index is 12.4. The van der Waals surface area contributed by atoms with Crippen molar-refractivity contribution in [3.63, 3.8) is 0 Å². The van der Waals surface area contributed by atoms with Gasteiger partial charge in [0.25, 0.3) is 5.91 Å². The average molecular weight is 296 g/mol. The Morgan fingerprint density at radius 2 is 1.67 bits per heavy atom. The molecule has 114 valence electrons. The number of esters is 2. The van der Waals surface area contributed by atoms with Crippen molar-refractivity contribution in [2.24, 2.45) is 0 Å². The first kappa shape index (κ1) is 16.4. The quantitative estimate of drug-likeness (QED) is 0.675. The second-order valence-electron chi connectivity index (χ2n) is 3.89. The number of methoxy groups -OCH3 is 3. The second kappa shape index (κ2) is 7.83. The summed E-state index contributed by atoms with van der Waals surface area (Å²) in [5.74, 6) is -1.63. The topological polar surface area (TPSA) is 95.0 Å². The molecule has 0 atom stereocenters. The van der Waals surface area contributed by atoms with Gasteiger partial charge in [0.1, 0.15) is 18.8 Å². The summed E-state index contributed by atoms with van der Waals surface area (Å²) in [6.07, 6.45) is 2.77. The Labute approximate surface area is 121 Å². The largest absolute Gasteiger partial charge is 0.494 e. The SMILES string of the molecule is COC(=O)CN(CC(=O)OC)C(=O)c1ccncc1OC. The molecule has 8 heteroatoms. The van der Waals surface area contributed by atoms with E-state index in [9.17, 15) is 14.4 Å². The molecule has 0 saturated heterocycles. The van der Waals surface area contributed by atoms with Gasteiger partial charge in [-0.3, -0.25) is 19.4 Å². The zero-order chi connectivity index (χ0) is 15.8. The van der Waals surface area contributed by atoms with E-state index < -0.39 is 17.8 Å². The smallest absolute Gasteiger partial charge is 0.325 e. The zero-order valence-electron chi connectivity index (χ0n) is 12.0. The van der Waals surface area contributed by atoms with E-state index in [0.717, 1.165) is 4.90 Å². The van der Waals surface area contributed by atoms with Gasteiger partial charge in [-0.05, 0) is 6.07 Å². The average Bonchev–Trinajstić information content (AvgIpc) is 2.52. The summed E-state index contributed by atoms with van der Waals surface area (Å²) in [5.41, 5.74) is 0.181. The number of rotatable bonds is 6. The van der Waals surface area contributed by atoms with Gasteiger partial charge in [-0.25, -0.2) is 0 Å². The predicted molar refractivity (Wildman–Crippen MR) is 70.7 cm³/mol. The minimum absolute atomic E-state index is 0.181. The van der Waals surface area contributed by atoms with Crippen LogP contribution in [0.4, 0.5) is 0 Å². The lowest BCUT2D eigenvalue weighted by Gasteiger charge is -2.20. The van der Waals surface area contributed by atoms with Crippen molar-refractivity contribution in [3.8, 4) is 5.75 Å². The molecular formula is C13H16N2O6. The first-order valence-corrected chi connectivity index (χ1v) is 5.94. The van der Waals surface area contributed by atoms with E-state index in [1.807, 2.05) is 0 Å². The maximum absolute atomic E-state index is 12.4. The van der Waals surface area contributed by atoms with E-state index in [1.165, 1.54) is 39.8 Å². The molecule has 0 aliphatic carbocycles. The minimum Gasteiger partial charge on any atom is -0.494 e. The van der Waals surface area contributed by atoms with Crippen molar-refractivity contribution in [2.45, 2.75) is 0 Å². The van der Waals surface area contributed by atoms with Gasteiger partial charge in [0.15, 0.2) is 0 Å². The van der Waals surface area contributed by atoms with Crippen LogP contribution in [0.5, 0.6) is 5.75 Å². The molecule has 0 fully saturated rings. The number of aromatic nitrogens is 1. The van der Waals surface area contributed by atoms with Crippen LogP contribution in [0.25, 0.3) is 0 Å². The summed E-state index contributed by atoms with van der Waals surface area (Å²) >= 11 is 0. The van der Waals surface area contributed by atoms with Crippen molar-refractivity contribution < 1.29 is 28.6 Å². The van der Waals surface area contributed by atoms with Crippen LogP contribution in [0.15, 0.2) is 18.5 Å². The van der Waals surface area contributed by atoms with Crippen LogP contribution < -0.4 is 4.74 Å². The zero-order valence-corrected chi connectivity index (χ0v) is 12.0. The highest BCUT2D eigenvalue weighted by Crippen LogP contribution is 2.18. The Bertz CT molecular complexity index is 513. The Morgan fingerprint density at radius 1 is 1.10 bits per heavy atom. The summed E-state index contributed by atoms with van der Waals surface area (Å²) in [7, 11) is 3.77. The number of hydrogen-bond acceptors (Lipinski definition) is 7. The lowest BCUT2D eigenvalue weighted by atomic mass is 10.2. The summed E-state index contributed by atoms with van der Waals surface area (Å²) in [6.45, 7) is -0.758. The van der Waals surface area contributed by atoms with Gasteiger partial charge < -0.3 is 19.1 Å². The molecular weight excluding hydrogens is 280 g/mol. The van der Waals surface area contributed by atoms with E-state index in [2.05, 4.69) is 14.5 Å². The molecule has 0 N–H and O–H groups in total. The third kappa shape index (κ3) is 4.44. The van der Waals surface area contributed by atoms with Gasteiger partial charge in [-0.1, -0.05) is 0 Å². The molecule has 1 heterocycles. The Kier molecular flexibility index (Phi) is 6.12. The number of carbonyl (C=O) groups is 3. The van der Waals surface area contributed by atoms with Crippen LogP contribution in [-0.2, 0) is 19.1 Å². The van der Waals surface area contributed by atoms with E-state index in [0.29, 0.717) is 0 Å². The van der Waals surface area contributed by atoms with Crippen molar-refractivity contribution in [1.29, 1.82) is 0 Å². The molecule has 1 aromatic heterocycles. The summed E-state index contributed by atoms with van der Waals surface area (Å²) < 4.78 is 14.1. The lowest BCUT2D eigenvalue weighted by Crippen LogP contribution is -2.40.